The number of nitrogens with two attached hydrogens (primary N) is 1. The van der Waals surface area contributed by atoms with Crippen LogP contribution in [0.2, 0.25) is 0 Å². The molecule has 104 valence electrons. The van der Waals surface area contributed by atoms with Crippen molar-refractivity contribution < 1.29 is 4.39 Å². The summed E-state index contributed by atoms with van der Waals surface area (Å²) in [6.07, 6.45) is 0. The number of aryl methyl sites for hydroxylation is 1. The molecule has 0 saturated carbocycles. The molecule has 5 nitrogen and oxygen atoms in total. The summed E-state index contributed by atoms with van der Waals surface area (Å²) in [5.74, 6) is -0.516. The maximum Gasteiger partial charge on any atom is 0.261 e. The molecule has 0 spiro atoms. The first kappa shape index (κ1) is 13.3. The van der Waals surface area contributed by atoms with Crippen molar-refractivity contribution in [3.63, 3.8) is 0 Å². The Morgan fingerprint density at radius 3 is 2.95 bits per heavy atom. The largest absolute Gasteiger partial charge is 0.369 e. The Balaban J connectivity index is 2.32. The maximum atomic E-state index is 13.4. The Labute approximate surface area is 122 Å². The molecule has 21 heavy (non-hydrogen) atoms. The quantitative estimate of drug-likeness (QED) is 0.722. The number of rotatable bonds is 1. The number of nitrogen functional groups attached to an aromatic ring is 1. The van der Waals surface area contributed by atoms with Crippen LogP contribution in [0.15, 0.2) is 23.0 Å². The summed E-state index contributed by atoms with van der Waals surface area (Å²) >= 11 is 1.29. The Kier molecular flexibility index (Phi) is 2.96. The highest BCUT2D eigenvalue weighted by Crippen LogP contribution is 2.36. The molecule has 0 unspecified atom stereocenters. The number of nitriles is 1. The van der Waals surface area contributed by atoms with Gasteiger partial charge in [-0.25, -0.2) is 9.37 Å². The van der Waals surface area contributed by atoms with Crippen molar-refractivity contribution in [2.75, 3.05) is 5.73 Å². The summed E-state index contributed by atoms with van der Waals surface area (Å²) < 4.78 is 13.4. The molecule has 0 fully saturated rings. The summed E-state index contributed by atoms with van der Waals surface area (Å²) in [6, 6.07) is 6.08. The van der Waals surface area contributed by atoms with Gasteiger partial charge in [-0.3, -0.25) is 9.78 Å². The standard InChI is InChI=1S/C14H9FN4OS/c1-6-10-12(20)18-14(17)19-13(10)21-11(6)7-2-3-9(15)8(4-7)5-16/h2-4H,1H3,(H3,17,18,19,20). The molecule has 2 aromatic heterocycles. The van der Waals surface area contributed by atoms with E-state index in [1.54, 1.807) is 19.1 Å². The molecule has 0 bridgehead atoms. The lowest BCUT2D eigenvalue weighted by Gasteiger charge is -2.01. The third-order valence-electron chi connectivity index (χ3n) is 3.17. The number of thiophene rings is 1. The number of benzene rings is 1. The van der Waals surface area contributed by atoms with Crippen LogP contribution in [0.1, 0.15) is 11.1 Å². The summed E-state index contributed by atoms with van der Waals surface area (Å²) in [6.45, 7) is 1.79. The summed E-state index contributed by atoms with van der Waals surface area (Å²) in [4.78, 5) is 19.8. The van der Waals surface area contributed by atoms with Gasteiger partial charge in [-0.2, -0.15) is 5.26 Å². The van der Waals surface area contributed by atoms with E-state index in [2.05, 4.69) is 9.97 Å². The van der Waals surface area contributed by atoms with E-state index in [-0.39, 0.29) is 17.1 Å². The number of nitrogens with zero attached hydrogens (tertiary/aromatic N) is 2. The number of fused-ring (bicyclic) bond motifs is 1. The van der Waals surface area contributed by atoms with Gasteiger partial charge in [0.2, 0.25) is 5.95 Å². The fourth-order valence-corrected chi connectivity index (χ4v) is 3.37. The minimum Gasteiger partial charge on any atom is -0.369 e. The molecule has 0 aliphatic carbocycles. The number of H-pyrrole nitrogens is 1. The molecule has 2 heterocycles. The third kappa shape index (κ3) is 2.06. The van der Waals surface area contributed by atoms with E-state index in [1.165, 1.54) is 23.5 Å². The van der Waals surface area contributed by atoms with Gasteiger partial charge < -0.3 is 5.73 Å². The van der Waals surface area contributed by atoms with Gasteiger partial charge in [0.05, 0.1) is 10.9 Å². The van der Waals surface area contributed by atoms with Crippen LogP contribution >= 0.6 is 11.3 Å². The SMILES string of the molecule is Cc1c(-c2ccc(F)c(C#N)c2)sc2nc(N)[nH]c(=O)c12. The van der Waals surface area contributed by atoms with Gasteiger partial charge in [-0.1, -0.05) is 6.07 Å². The maximum absolute atomic E-state index is 13.4. The molecule has 1 aromatic carbocycles. The molecular formula is C14H9FN4OS. The lowest BCUT2D eigenvalue weighted by molar-refractivity contribution is 0.624. The average molecular weight is 300 g/mol. The second-order valence-electron chi connectivity index (χ2n) is 4.49. The summed E-state index contributed by atoms with van der Waals surface area (Å²) in [7, 11) is 0. The molecule has 0 aliphatic rings. The van der Waals surface area contributed by atoms with Crippen LogP contribution in [0.5, 0.6) is 0 Å². The first-order valence-corrected chi connectivity index (χ1v) is 6.82. The Morgan fingerprint density at radius 2 is 2.24 bits per heavy atom. The van der Waals surface area contributed by atoms with Gasteiger partial charge in [0, 0.05) is 4.88 Å². The van der Waals surface area contributed by atoms with Gasteiger partial charge in [0.1, 0.15) is 16.7 Å². The minimum atomic E-state index is -0.569. The third-order valence-corrected chi connectivity index (χ3v) is 4.40. The molecule has 0 amide bonds. The van der Waals surface area contributed by atoms with Crippen molar-refractivity contribution in [1.29, 1.82) is 5.26 Å². The number of aromatic amines is 1. The molecule has 0 radical (unpaired) electrons. The summed E-state index contributed by atoms with van der Waals surface area (Å²) in [5.41, 5.74) is 6.60. The topological polar surface area (TPSA) is 95.6 Å². The zero-order valence-electron chi connectivity index (χ0n) is 10.9. The van der Waals surface area contributed by atoms with Crippen molar-refractivity contribution in [2.45, 2.75) is 6.92 Å². The molecule has 0 atom stereocenters. The molecule has 0 aliphatic heterocycles. The van der Waals surface area contributed by atoms with Crippen LogP contribution < -0.4 is 11.3 Å². The second kappa shape index (κ2) is 4.68. The van der Waals surface area contributed by atoms with Crippen molar-refractivity contribution >= 4 is 27.5 Å². The smallest absolute Gasteiger partial charge is 0.261 e. The van der Waals surface area contributed by atoms with E-state index in [4.69, 9.17) is 11.0 Å². The van der Waals surface area contributed by atoms with Crippen molar-refractivity contribution in [2.24, 2.45) is 0 Å². The number of hydrogen-bond donors (Lipinski definition) is 2. The number of nitrogens with one attached hydrogen (secondary N) is 1. The number of anilines is 1. The minimum absolute atomic E-state index is 0.0364. The molecule has 3 N–H and O–H groups in total. The monoisotopic (exact) mass is 300 g/mol. The zero-order valence-corrected chi connectivity index (χ0v) is 11.7. The number of halogens is 1. The first-order valence-electron chi connectivity index (χ1n) is 6.00. The van der Waals surface area contributed by atoms with Crippen molar-refractivity contribution in [3.05, 3.63) is 45.5 Å². The van der Waals surface area contributed by atoms with Gasteiger partial charge >= 0.3 is 0 Å². The molecule has 3 rings (SSSR count). The lowest BCUT2D eigenvalue weighted by Crippen LogP contribution is -2.10. The highest BCUT2D eigenvalue weighted by atomic mass is 32.1. The highest BCUT2D eigenvalue weighted by Gasteiger charge is 2.16. The zero-order chi connectivity index (χ0) is 15.1. The van der Waals surface area contributed by atoms with Crippen LogP contribution in [-0.2, 0) is 0 Å². The van der Waals surface area contributed by atoms with Crippen molar-refractivity contribution in [1.82, 2.24) is 9.97 Å². The first-order chi connectivity index (χ1) is 10.0. The molecule has 3 aromatic rings. The van der Waals surface area contributed by atoms with E-state index in [0.717, 1.165) is 10.4 Å². The molecular weight excluding hydrogens is 291 g/mol. The van der Waals surface area contributed by atoms with E-state index in [1.807, 2.05) is 0 Å². The fourth-order valence-electron chi connectivity index (χ4n) is 2.19. The average Bonchev–Trinajstić information content (AvgIpc) is 2.76. The van der Waals surface area contributed by atoms with Crippen LogP contribution in [0.4, 0.5) is 10.3 Å². The van der Waals surface area contributed by atoms with Crippen LogP contribution in [0.25, 0.3) is 20.7 Å². The lowest BCUT2D eigenvalue weighted by atomic mass is 10.1. The van der Waals surface area contributed by atoms with E-state index < -0.39 is 5.82 Å². The summed E-state index contributed by atoms with van der Waals surface area (Å²) in [5, 5.41) is 9.37. The fraction of sp³-hybridized carbons (Fsp3) is 0.0714. The van der Waals surface area contributed by atoms with E-state index >= 15 is 0 Å². The Hall–Kier alpha value is -2.72. The van der Waals surface area contributed by atoms with E-state index in [9.17, 15) is 9.18 Å². The van der Waals surface area contributed by atoms with Gasteiger partial charge in [0.25, 0.3) is 5.56 Å². The van der Waals surface area contributed by atoms with Gasteiger partial charge in [-0.05, 0) is 30.2 Å². The molecule has 0 saturated heterocycles. The Morgan fingerprint density at radius 1 is 1.48 bits per heavy atom. The van der Waals surface area contributed by atoms with Gasteiger partial charge in [0.15, 0.2) is 0 Å². The highest BCUT2D eigenvalue weighted by molar-refractivity contribution is 7.22. The predicted molar refractivity (Wildman–Crippen MR) is 79.5 cm³/mol. The van der Waals surface area contributed by atoms with Crippen LogP contribution in [0, 0.1) is 24.1 Å². The van der Waals surface area contributed by atoms with Crippen LogP contribution in [0.3, 0.4) is 0 Å². The normalized spacial score (nSPS) is 10.7. The number of aromatic nitrogens is 2. The van der Waals surface area contributed by atoms with Crippen LogP contribution in [-0.4, -0.2) is 9.97 Å². The molecule has 7 heteroatoms. The predicted octanol–water partition coefficient (Wildman–Crippen LogP) is 2.55. The number of hydrogen-bond acceptors (Lipinski definition) is 5. The van der Waals surface area contributed by atoms with Gasteiger partial charge in [-0.15, -0.1) is 11.3 Å². The Bertz CT molecular complexity index is 967. The second-order valence-corrected chi connectivity index (χ2v) is 5.49. The van der Waals surface area contributed by atoms with Crippen molar-refractivity contribution in [3.8, 4) is 16.5 Å². The van der Waals surface area contributed by atoms with E-state index in [0.29, 0.717) is 15.8 Å².